The van der Waals surface area contributed by atoms with Crippen LogP contribution in [-0.2, 0) is 9.59 Å². The number of allylic oxidation sites excluding steroid dienone is 2. The Kier molecular flexibility index (Phi) is 2.35. The third-order valence-electron chi connectivity index (χ3n) is 2.31. The van der Waals surface area contributed by atoms with Crippen LogP contribution >= 0.6 is 0 Å². The Morgan fingerprint density at radius 1 is 1.07 bits per heavy atom. The first-order valence-corrected chi connectivity index (χ1v) is 4.75. The van der Waals surface area contributed by atoms with E-state index in [0.29, 0.717) is 25.8 Å². The fraction of sp³-hybridized carbons (Fsp3) is 0.400. The zero-order chi connectivity index (χ0) is 9.97. The zero-order valence-corrected chi connectivity index (χ0v) is 7.85. The van der Waals surface area contributed by atoms with Crippen LogP contribution in [0.4, 0.5) is 0 Å². The lowest BCUT2D eigenvalue weighted by Gasteiger charge is -2.34. The molecule has 2 amide bonds. The van der Waals surface area contributed by atoms with E-state index in [4.69, 9.17) is 0 Å². The first-order valence-electron chi connectivity index (χ1n) is 4.75. The Labute approximate surface area is 82.4 Å². The van der Waals surface area contributed by atoms with E-state index in [1.54, 1.807) is 11.2 Å². The van der Waals surface area contributed by atoms with Crippen molar-refractivity contribution in [3.05, 3.63) is 24.4 Å². The molecule has 0 N–H and O–H groups in total. The minimum atomic E-state index is -0.0961. The van der Waals surface area contributed by atoms with Crippen molar-refractivity contribution in [2.24, 2.45) is 0 Å². The topological polar surface area (TPSA) is 40.6 Å². The van der Waals surface area contributed by atoms with Gasteiger partial charge in [0.2, 0.25) is 11.8 Å². The molecule has 1 saturated heterocycles. The number of imide groups is 1. The third-order valence-corrected chi connectivity index (χ3v) is 2.31. The minimum absolute atomic E-state index is 0.0961. The van der Waals surface area contributed by atoms with Crippen molar-refractivity contribution in [1.82, 2.24) is 10.0 Å². The molecule has 1 fully saturated rings. The van der Waals surface area contributed by atoms with Crippen LogP contribution in [0, 0.1) is 0 Å². The van der Waals surface area contributed by atoms with Gasteiger partial charge in [-0.15, -0.1) is 0 Å². The first kappa shape index (κ1) is 8.99. The molecular weight excluding hydrogens is 180 g/mol. The SMILES string of the molecule is O=C1CCCC(=O)N1N1C=CC=CC1. The van der Waals surface area contributed by atoms with Crippen molar-refractivity contribution in [2.75, 3.05) is 6.54 Å². The van der Waals surface area contributed by atoms with E-state index in [1.165, 1.54) is 5.01 Å². The summed E-state index contributed by atoms with van der Waals surface area (Å²) >= 11 is 0. The summed E-state index contributed by atoms with van der Waals surface area (Å²) in [6, 6.07) is 0. The molecule has 2 rings (SSSR count). The highest BCUT2D eigenvalue weighted by molar-refractivity contribution is 5.97. The number of nitrogens with zero attached hydrogens (tertiary/aromatic N) is 2. The summed E-state index contributed by atoms with van der Waals surface area (Å²) in [5, 5.41) is 2.91. The molecule has 2 aliphatic heterocycles. The van der Waals surface area contributed by atoms with Crippen LogP contribution in [0.5, 0.6) is 0 Å². The largest absolute Gasteiger partial charge is 0.279 e. The highest BCUT2D eigenvalue weighted by atomic mass is 16.2. The molecule has 0 saturated carbocycles. The molecule has 74 valence electrons. The number of carbonyl (C=O) groups excluding carboxylic acids is 2. The van der Waals surface area contributed by atoms with Crippen LogP contribution in [0.1, 0.15) is 19.3 Å². The van der Waals surface area contributed by atoms with Crippen LogP contribution in [0.2, 0.25) is 0 Å². The number of rotatable bonds is 1. The summed E-state index contributed by atoms with van der Waals surface area (Å²) in [6.45, 7) is 0.591. The lowest BCUT2D eigenvalue weighted by Crippen LogP contribution is -2.49. The summed E-state index contributed by atoms with van der Waals surface area (Å²) in [6.07, 6.45) is 9.01. The van der Waals surface area contributed by atoms with Crippen molar-refractivity contribution in [3.8, 4) is 0 Å². The van der Waals surface area contributed by atoms with E-state index in [9.17, 15) is 9.59 Å². The predicted molar refractivity (Wildman–Crippen MR) is 50.7 cm³/mol. The molecule has 0 atom stereocenters. The summed E-state index contributed by atoms with van der Waals surface area (Å²) in [4.78, 5) is 23.0. The number of carbonyl (C=O) groups is 2. The minimum Gasteiger partial charge on any atom is -0.279 e. The number of hydrogen-bond donors (Lipinski definition) is 0. The fourth-order valence-corrected chi connectivity index (χ4v) is 1.63. The summed E-state index contributed by atoms with van der Waals surface area (Å²) < 4.78 is 0. The lowest BCUT2D eigenvalue weighted by atomic mass is 10.1. The van der Waals surface area contributed by atoms with Crippen molar-refractivity contribution >= 4 is 11.8 Å². The van der Waals surface area contributed by atoms with E-state index in [-0.39, 0.29) is 11.8 Å². The van der Waals surface area contributed by atoms with Crippen LogP contribution < -0.4 is 0 Å². The number of piperidine rings is 1. The molecule has 0 unspecified atom stereocenters. The molecule has 0 aliphatic carbocycles. The molecular formula is C10H12N2O2. The summed E-state index contributed by atoms with van der Waals surface area (Å²) in [5.41, 5.74) is 0. The Bertz CT molecular complexity index is 304. The first-order chi connectivity index (χ1) is 6.79. The Balaban J connectivity index is 2.14. The molecule has 0 bridgehead atoms. The standard InChI is InChI=1S/C10H12N2O2/c13-9-5-4-6-10(14)12(9)11-7-2-1-3-8-11/h1-3,7H,4-6,8H2. The normalized spacial score (nSPS) is 22.0. The maximum absolute atomic E-state index is 11.5. The second-order valence-corrected chi connectivity index (χ2v) is 3.34. The van der Waals surface area contributed by atoms with Crippen molar-refractivity contribution < 1.29 is 9.59 Å². The van der Waals surface area contributed by atoms with Crippen molar-refractivity contribution in [3.63, 3.8) is 0 Å². The van der Waals surface area contributed by atoms with Gasteiger partial charge in [0.05, 0.1) is 6.54 Å². The monoisotopic (exact) mass is 192 g/mol. The second kappa shape index (κ2) is 3.65. The summed E-state index contributed by atoms with van der Waals surface area (Å²) in [5.74, 6) is -0.192. The van der Waals surface area contributed by atoms with E-state index in [0.717, 1.165) is 0 Å². The lowest BCUT2D eigenvalue weighted by molar-refractivity contribution is -0.162. The molecule has 0 aromatic carbocycles. The van der Waals surface area contributed by atoms with E-state index < -0.39 is 0 Å². The third kappa shape index (κ3) is 1.55. The highest BCUT2D eigenvalue weighted by Crippen LogP contribution is 2.16. The quantitative estimate of drug-likeness (QED) is 0.578. The zero-order valence-electron chi connectivity index (χ0n) is 7.85. The Hall–Kier alpha value is -1.58. The van der Waals surface area contributed by atoms with E-state index in [2.05, 4.69) is 0 Å². The maximum Gasteiger partial charge on any atom is 0.248 e. The molecule has 2 heterocycles. The second-order valence-electron chi connectivity index (χ2n) is 3.34. The number of hydrazine groups is 1. The fourth-order valence-electron chi connectivity index (χ4n) is 1.63. The van der Waals surface area contributed by atoms with Gasteiger partial charge in [0.25, 0.3) is 0 Å². The van der Waals surface area contributed by atoms with Gasteiger partial charge in [0.1, 0.15) is 0 Å². The van der Waals surface area contributed by atoms with Gasteiger partial charge in [-0.25, -0.2) is 0 Å². The van der Waals surface area contributed by atoms with Crippen molar-refractivity contribution in [1.29, 1.82) is 0 Å². The summed E-state index contributed by atoms with van der Waals surface area (Å²) in [7, 11) is 0. The van der Waals surface area contributed by atoms with Crippen LogP contribution in [0.3, 0.4) is 0 Å². The molecule has 14 heavy (non-hydrogen) atoms. The smallest absolute Gasteiger partial charge is 0.248 e. The maximum atomic E-state index is 11.5. The Morgan fingerprint density at radius 3 is 2.36 bits per heavy atom. The van der Waals surface area contributed by atoms with Crippen LogP contribution in [0.15, 0.2) is 24.4 Å². The number of amides is 2. The molecule has 0 aromatic heterocycles. The van der Waals surface area contributed by atoms with Gasteiger partial charge in [-0.3, -0.25) is 14.6 Å². The van der Waals surface area contributed by atoms with Gasteiger partial charge in [-0.1, -0.05) is 12.2 Å². The van der Waals surface area contributed by atoms with Crippen LogP contribution in [0.25, 0.3) is 0 Å². The van der Waals surface area contributed by atoms with Gasteiger partial charge in [-0.05, 0) is 12.5 Å². The van der Waals surface area contributed by atoms with Gasteiger partial charge in [0.15, 0.2) is 0 Å². The van der Waals surface area contributed by atoms with Gasteiger partial charge in [-0.2, -0.15) is 5.01 Å². The van der Waals surface area contributed by atoms with E-state index in [1.807, 2.05) is 18.2 Å². The average Bonchev–Trinajstić information content (AvgIpc) is 2.19. The molecule has 4 nitrogen and oxygen atoms in total. The van der Waals surface area contributed by atoms with Crippen LogP contribution in [-0.4, -0.2) is 28.4 Å². The molecule has 0 aromatic rings. The molecule has 0 spiro atoms. The van der Waals surface area contributed by atoms with E-state index >= 15 is 0 Å². The highest BCUT2D eigenvalue weighted by Gasteiger charge is 2.29. The van der Waals surface area contributed by atoms with Crippen molar-refractivity contribution in [2.45, 2.75) is 19.3 Å². The Morgan fingerprint density at radius 2 is 1.79 bits per heavy atom. The van der Waals surface area contributed by atoms with Gasteiger partial charge >= 0.3 is 0 Å². The predicted octanol–water partition coefficient (Wildman–Crippen LogP) is 0.826. The van der Waals surface area contributed by atoms with Gasteiger partial charge in [0, 0.05) is 19.0 Å². The average molecular weight is 192 g/mol. The molecule has 2 aliphatic rings. The number of hydrogen-bond acceptors (Lipinski definition) is 3. The molecule has 4 heteroatoms. The molecule has 0 radical (unpaired) electrons. The van der Waals surface area contributed by atoms with Gasteiger partial charge < -0.3 is 0 Å².